The maximum absolute atomic E-state index is 11.7. The lowest BCUT2D eigenvalue weighted by Gasteiger charge is -2.14. The summed E-state index contributed by atoms with van der Waals surface area (Å²) in [7, 11) is 0. The number of aryl methyl sites for hydroxylation is 2. The van der Waals surface area contributed by atoms with Crippen molar-refractivity contribution in [3.63, 3.8) is 0 Å². The molecule has 21 heavy (non-hydrogen) atoms. The van der Waals surface area contributed by atoms with E-state index < -0.39 is 0 Å². The molecule has 0 fully saturated rings. The van der Waals surface area contributed by atoms with E-state index in [-0.39, 0.29) is 6.03 Å². The molecule has 2 rings (SSSR count). The summed E-state index contributed by atoms with van der Waals surface area (Å²) in [4.78, 5) is 11.7. The molecule has 0 aliphatic carbocycles. The fourth-order valence-corrected chi connectivity index (χ4v) is 2.12. The van der Waals surface area contributed by atoms with Gasteiger partial charge in [-0.2, -0.15) is 5.10 Å². The molecule has 2 amide bonds. The van der Waals surface area contributed by atoms with Crippen molar-refractivity contribution in [2.24, 2.45) is 5.92 Å². The predicted molar refractivity (Wildman–Crippen MR) is 79.8 cm³/mol. The lowest BCUT2D eigenvalue weighted by Crippen LogP contribution is -2.38. The van der Waals surface area contributed by atoms with Crippen molar-refractivity contribution >= 4 is 6.03 Å². The van der Waals surface area contributed by atoms with Crippen LogP contribution >= 0.6 is 0 Å². The first-order valence-corrected chi connectivity index (χ1v) is 7.08. The minimum absolute atomic E-state index is 0.170. The maximum Gasteiger partial charge on any atom is 0.315 e. The van der Waals surface area contributed by atoms with Crippen molar-refractivity contribution in [1.29, 1.82) is 0 Å². The Hall–Kier alpha value is -2.24. The number of carbonyl (C=O) groups is 1. The van der Waals surface area contributed by atoms with Crippen LogP contribution in [-0.4, -0.2) is 22.4 Å². The first kappa shape index (κ1) is 15.2. The summed E-state index contributed by atoms with van der Waals surface area (Å²) in [6.07, 6.45) is 3.21. The zero-order valence-electron chi connectivity index (χ0n) is 12.7. The third kappa shape index (κ3) is 4.66. The van der Waals surface area contributed by atoms with E-state index in [1.54, 1.807) is 12.5 Å². The van der Waals surface area contributed by atoms with Gasteiger partial charge in [-0.3, -0.25) is 4.68 Å². The van der Waals surface area contributed by atoms with Crippen LogP contribution in [-0.2, 0) is 13.1 Å². The fourth-order valence-electron chi connectivity index (χ4n) is 2.12. The monoisotopic (exact) mass is 290 g/mol. The molecule has 0 spiro atoms. The molecule has 2 aromatic heterocycles. The number of nitrogens with zero attached hydrogens (tertiary/aromatic N) is 2. The van der Waals surface area contributed by atoms with Crippen molar-refractivity contribution < 1.29 is 9.21 Å². The number of urea groups is 1. The Balaban J connectivity index is 1.69. The Kier molecular flexibility index (Phi) is 5.03. The number of hydrogen-bond donors (Lipinski definition) is 2. The van der Waals surface area contributed by atoms with Crippen LogP contribution in [0.1, 0.15) is 23.9 Å². The number of aromatic nitrogens is 2. The zero-order valence-corrected chi connectivity index (χ0v) is 12.7. The minimum Gasteiger partial charge on any atom is -0.472 e. The van der Waals surface area contributed by atoms with E-state index in [1.165, 1.54) is 0 Å². The molecule has 0 aromatic carbocycles. The van der Waals surface area contributed by atoms with Crippen molar-refractivity contribution in [1.82, 2.24) is 20.4 Å². The van der Waals surface area contributed by atoms with Gasteiger partial charge in [-0.05, 0) is 31.9 Å². The van der Waals surface area contributed by atoms with E-state index in [0.717, 1.165) is 23.5 Å². The molecule has 1 atom stereocenters. The standard InChI is InChI=1S/C15H22N4O2/c1-11(9-19-13(3)6-12(2)18-19)7-16-15(20)17-8-14-4-5-21-10-14/h4-6,10-11H,7-9H2,1-3H3,(H2,16,17,20)/t11-/m0/s1. The molecule has 0 radical (unpaired) electrons. The van der Waals surface area contributed by atoms with Gasteiger partial charge < -0.3 is 15.1 Å². The van der Waals surface area contributed by atoms with Crippen LogP contribution in [0.15, 0.2) is 29.1 Å². The van der Waals surface area contributed by atoms with Gasteiger partial charge in [0.05, 0.1) is 18.2 Å². The summed E-state index contributed by atoms with van der Waals surface area (Å²) in [5.41, 5.74) is 3.11. The van der Waals surface area contributed by atoms with Gasteiger partial charge in [0.15, 0.2) is 0 Å². The second kappa shape index (κ2) is 6.97. The lowest BCUT2D eigenvalue weighted by molar-refractivity contribution is 0.238. The molecule has 6 nitrogen and oxygen atoms in total. The molecular formula is C15H22N4O2. The highest BCUT2D eigenvalue weighted by atomic mass is 16.3. The molecule has 6 heteroatoms. The summed E-state index contributed by atoms with van der Waals surface area (Å²) >= 11 is 0. The summed E-state index contributed by atoms with van der Waals surface area (Å²) in [5.74, 6) is 0.308. The summed E-state index contributed by atoms with van der Waals surface area (Å²) in [6, 6.07) is 3.71. The van der Waals surface area contributed by atoms with Crippen LogP contribution in [0.4, 0.5) is 4.79 Å². The van der Waals surface area contributed by atoms with Crippen molar-refractivity contribution in [2.75, 3.05) is 6.54 Å². The van der Waals surface area contributed by atoms with E-state index in [0.29, 0.717) is 19.0 Å². The second-order valence-electron chi connectivity index (χ2n) is 5.41. The van der Waals surface area contributed by atoms with Gasteiger partial charge >= 0.3 is 6.03 Å². The summed E-state index contributed by atoms with van der Waals surface area (Å²) in [6.45, 7) is 7.98. The molecule has 0 unspecified atom stereocenters. The Morgan fingerprint density at radius 2 is 2.24 bits per heavy atom. The van der Waals surface area contributed by atoms with Crippen molar-refractivity contribution in [3.05, 3.63) is 41.6 Å². The summed E-state index contributed by atoms with van der Waals surface area (Å²) in [5, 5.41) is 10.1. The molecule has 2 N–H and O–H groups in total. The molecule has 114 valence electrons. The highest BCUT2D eigenvalue weighted by Gasteiger charge is 2.09. The highest BCUT2D eigenvalue weighted by molar-refractivity contribution is 5.73. The van der Waals surface area contributed by atoms with Gasteiger partial charge in [0.2, 0.25) is 0 Å². The first-order chi connectivity index (χ1) is 10.0. The molecule has 2 heterocycles. The van der Waals surface area contributed by atoms with Gasteiger partial charge in [-0.15, -0.1) is 0 Å². The number of nitrogens with one attached hydrogen (secondary N) is 2. The van der Waals surface area contributed by atoms with Gasteiger partial charge in [0.25, 0.3) is 0 Å². The number of amides is 2. The number of furan rings is 1. The minimum atomic E-state index is -0.170. The topological polar surface area (TPSA) is 72.1 Å². The molecular weight excluding hydrogens is 268 g/mol. The Bertz CT molecular complexity index is 575. The van der Waals surface area contributed by atoms with Gasteiger partial charge in [0.1, 0.15) is 0 Å². The fraction of sp³-hybridized carbons (Fsp3) is 0.467. The van der Waals surface area contributed by atoms with Crippen LogP contribution in [0.2, 0.25) is 0 Å². The molecule has 0 saturated carbocycles. The van der Waals surface area contributed by atoms with Crippen LogP contribution in [0.3, 0.4) is 0 Å². The van der Waals surface area contributed by atoms with Crippen LogP contribution < -0.4 is 10.6 Å². The largest absolute Gasteiger partial charge is 0.472 e. The molecule has 0 aliphatic heterocycles. The number of hydrogen-bond acceptors (Lipinski definition) is 3. The SMILES string of the molecule is Cc1cc(C)n(C[C@@H](C)CNC(=O)NCc2ccoc2)n1. The van der Waals surface area contributed by atoms with E-state index in [1.807, 2.05) is 24.6 Å². The predicted octanol–water partition coefficient (Wildman–Crippen LogP) is 2.23. The van der Waals surface area contributed by atoms with Crippen LogP contribution in [0.25, 0.3) is 0 Å². The Morgan fingerprint density at radius 3 is 2.86 bits per heavy atom. The highest BCUT2D eigenvalue weighted by Crippen LogP contribution is 2.05. The third-order valence-electron chi connectivity index (χ3n) is 3.23. The Morgan fingerprint density at radius 1 is 1.43 bits per heavy atom. The number of rotatable bonds is 6. The van der Waals surface area contributed by atoms with Crippen molar-refractivity contribution in [2.45, 2.75) is 33.9 Å². The Labute approximate surface area is 124 Å². The number of carbonyl (C=O) groups excluding carboxylic acids is 1. The van der Waals surface area contributed by atoms with E-state index in [2.05, 4.69) is 28.7 Å². The molecule has 2 aromatic rings. The van der Waals surface area contributed by atoms with E-state index in [9.17, 15) is 4.79 Å². The first-order valence-electron chi connectivity index (χ1n) is 7.08. The average molecular weight is 290 g/mol. The normalized spacial score (nSPS) is 12.1. The summed E-state index contributed by atoms with van der Waals surface area (Å²) < 4.78 is 6.92. The van der Waals surface area contributed by atoms with Gasteiger partial charge in [0, 0.05) is 30.9 Å². The van der Waals surface area contributed by atoms with E-state index >= 15 is 0 Å². The quantitative estimate of drug-likeness (QED) is 0.857. The average Bonchev–Trinajstić information content (AvgIpc) is 3.04. The van der Waals surface area contributed by atoms with E-state index in [4.69, 9.17) is 4.42 Å². The van der Waals surface area contributed by atoms with Gasteiger partial charge in [-0.25, -0.2) is 4.79 Å². The smallest absolute Gasteiger partial charge is 0.315 e. The lowest BCUT2D eigenvalue weighted by atomic mass is 10.2. The van der Waals surface area contributed by atoms with Crippen LogP contribution in [0, 0.1) is 19.8 Å². The zero-order chi connectivity index (χ0) is 15.2. The second-order valence-corrected chi connectivity index (χ2v) is 5.41. The molecule has 0 bridgehead atoms. The third-order valence-corrected chi connectivity index (χ3v) is 3.23. The maximum atomic E-state index is 11.7. The van der Waals surface area contributed by atoms with Crippen molar-refractivity contribution in [3.8, 4) is 0 Å². The molecule has 0 saturated heterocycles. The molecule has 0 aliphatic rings. The van der Waals surface area contributed by atoms with Crippen LogP contribution in [0.5, 0.6) is 0 Å². The van der Waals surface area contributed by atoms with Gasteiger partial charge in [-0.1, -0.05) is 6.92 Å².